The summed E-state index contributed by atoms with van der Waals surface area (Å²) < 4.78 is 0. The number of hydrogen-bond donors (Lipinski definition) is 2. The van der Waals surface area contributed by atoms with Gasteiger partial charge in [-0.05, 0) is 24.7 Å². The van der Waals surface area contributed by atoms with Crippen molar-refractivity contribution in [1.29, 1.82) is 0 Å². The summed E-state index contributed by atoms with van der Waals surface area (Å²) in [5.41, 5.74) is 3.27. The van der Waals surface area contributed by atoms with Crippen molar-refractivity contribution in [2.45, 2.75) is 45.1 Å². The van der Waals surface area contributed by atoms with Crippen LogP contribution < -0.4 is 11.3 Å². The Morgan fingerprint density at radius 3 is 2.50 bits per heavy atom. The third-order valence-corrected chi connectivity index (χ3v) is 3.38. The second-order valence-corrected chi connectivity index (χ2v) is 3.80. The molecule has 1 atom stereocenters. The van der Waals surface area contributed by atoms with E-state index in [0.29, 0.717) is 11.5 Å². The van der Waals surface area contributed by atoms with Gasteiger partial charge in [-0.3, -0.25) is 11.3 Å². The molecule has 0 aromatic carbocycles. The van der Waals surface area contributed by atoms with Gasteiger partial charge in [0.1, 0.15) is 0 Å². The third kappa shape index (κ3) is 1.54. The molecule has 2 heteroatoms. The van der Waals surface area contributed by atoms with Gasteiger partial charge in [0.05, 0.1) is 0 Å². The Hall–Kier alpha value is -0.340. The van der Waals surface area contributed by atoms with Gasteiger partial charge in [-0.1, -0.05) is 25.8 Å². The van der Waals surface area contributed by atoms with E-state index in [-0.39, 0.29) is 0 Å². The normalized spacial score (nSPS) is 23.8. The minimum Gasteiger partial charge on any atom is -0.271 e. The molecule has 1 fully saturated rings. The molecule has 12 heavy (non-hydrogen) atoms. The third-order valence-electron chi connectivity index (χ3n) is 3.38. The average Bonchev–Trinajstić information content (AvgIpc) is 2.56. The van der Waals surface area contributed by atoms with E-state index in [9.17, 15) is 0 Å². The first-order valence-electron chi connectivity index (χ1n) is 4.88. The van der Waals surface area contributed by atoms with Crippen LogP contribution in [-0.2, 0) is 0 Å². The van der Waals surface area contributed by atoms with Gasteiger partial charge in [-0.25, -0.2) is 0 Å². The first kappa shape index (κ1) is 9.75. The fourth-order valence-corrected chi connectivity index (χ4v) is 2.46. The molecule has 0 aliphatic heterocycles. The Morgan fingerprint density at radius 2 is 2.17 bits per heavy atom. The summed E-state index contributed by atoms with van der Waals surface area (Å²) in [5, 5.41) is 0. The lowest BCUT2D eigenvalue weighted by Crippen LogP contribution is -2.45. The van der Waals surface area contributed by atoms with Crippen molar-refractivity contribution in [2.75, 3.05) is 0 Å². The summed E-state index contributed by atoms with van der Waals surface area (Å²) in [5.74, 6) is 5.50. The van der Waals surface area contributed by atoms with Crippen LogP contribution in [0.2, 0.25) is 0 Å². The van der Waals surface area contributed by atoms with Crippen molar-refractivity contribution in [3.8, 4) is 0 Å². The number of rotatable bonds is 4. The Balaban J connectivity index is 2.69. The monoisotopic (exact) mass is 168 g/mol. The topological polar surface area (TPSA) is 38.0 Å². The smallest absolute Gasteiger partial charge is 0.0444 e. The molecular formula is C10H20N2. The van der Waals surface area contributed by atoms with Crippen LogP contribution in [-0.4, -0.2) is 6.04 Å². The second kappa shape index (κ2) is 4.06. The van der Waals surface area contributed by atoms with Gasteiger partial charge in [-0.2, -0.15) is 0 Å². The number of hydrazine groups is 1. The Labute approximate surface area is 75.2 Å². The first-order valence-corrected chi connectivity index (χ1v) is 4.88. The van der Waals surface area contributed by atoms with Crippen LogP contribution in [0.25, 0.3) is 0 Å². The highest BCUT2D eigenvalue weighted by molar-refractivity contribution is 5.01. The predicted octanol–water partition coefficient (Wildman–Crippen LogP) is 1.97. The molecule has 0 aromatic heterocycles. The maximum absolute atomic E-state index is 5.50. The van der Waals surface area contributed by atoms with Crippen molar-refractivity contribution >= 4 is 0 Å². The molecule has 1 rings (SSSR count). The van der Waals surface area contributed by atoms with Crippen LogP contribution in [0.1, 0.15) is 39.0 Å². The minimum absolute atomic E-state index is 0.296. The zero-order valence-corrected chi connectivity index (χ0v) is 7.97. The fraction of sp³-hybridized carbons (Fsp3) is 0.800. The van der Waals surface area contributed by atoms with Crippen molar-refractivity contribution in [3.05, 3.63) is 12.7 Å². The molecule has 1 unspecified atom stereocenters. The van der Waals surface area contributed by atoms with Gasteiger partial charge in [0.15, 0.2) is 0 Å². The number of nitrogens with two attached hydrogens (primary N) is 1. The van der Waals surface area contributed by atoms with Gasteiger partial charge in [0.25, 0.3) is 0 Å². The van der Waals surface area contributed by atoms with E-state index in [1.807, 2.05) is 6.08 Å². The van der Waals surface area contributed by atoms with Gasteiger partial charge in [0, 0.05) is 6.04 Å². The number of hydrogen-bond acceptors (Lipinski definition) is 2. The van der Waals surface area contributed by atoms with Crippen LogP contribution in [0.3, 0.4) is 0 Å². The molecule has 1 aliphatic rings. The van der Waals surface area contributed by atoms with E-state index in [1.54, 1.807) is 0 Å². The predicted molar refractivity (Wildman–Crippen MR) is 52.5 cm³/mol. The molecule has 0 saturated heterocycles. The summed E-state index contributed by atoms with van der Waals surface area (Å²) in [6, 6.07) is 0.296. The fourth-order valence-electron chi connectivity index (χ4n) is 2.46. The van der Waals surface area contributed by atoms with Crippen molar-refractivity contribution < 1.29 is 0 Å². The summed E-state index contributed by atoms with van der Waals surface area (Å²) in [6.07, 6.45) is 8.44. The Bertz CT molecular complexity index is 148. The van der Waals surface area contributed by atoms with E-state index in [2.05, 4.69) is 18.9 Å². The standard InChI is InChI=1S/C10H20N2/c1-3-9(12-11)10(4-2)7-5-6-8-10/h3,9,12H,1,4-8,11H2,2H3. The molecule has 2 nitrogen and oxygen atoms in total. The lowest BCUT2D eigenvalue weighted by Gasteiger charge is -2.34. The largest absolute Gasteiger partial charge is 0.271 e. The SMILES string of the molecule is C=CC(NN)C1(CC)CCCC1. The van der Waals surface area contributed by atoms with Crippen LogP contribution in [0.15, 0.2) is 12.7 Å². The van der Waals surface area contributed by atoms with E-state index in [1.165, 1.54) is 32.1 Å². The molecule has 0 spiro atoms. The van der Waals surface area contributed by atoms with Crippen molar-refractivity contribution in [2.24, 2.45) is 11.3 Å². The Kier molecular flexibility index (Phi) is 3.29. The molecule has 0 radical (unpaired) electrons. The summed E-state index contributed by atoms with van der Waals surface area (Å²) >= 11 is 0. The second-order valence-electron chi connectivity index (χ2n) is 3.80. The van der Waals surface area contributed by atoms with Crippen LogP contribution in [0.4, 0.5) is 0 Å². The molecule has 0 heterocycles. The minimum atomic E-state index is 0.296. The van der Waals surface area contributed by atoms with Crippen molar-refractivity contribution in [3.63, 3.8) is 0 Å². The van der Waals surface area contributed by atoms with Crippen LogP contribution in [0, 0.1) is 5.41 Å². The molecule has 70 valence electrons. The summed E-state index contributed by atoms with van der Waals surface area (Å²) in [6.45, 7) is 6.08. The van der Waals surface area contributed by atoms with Gasteiger partial charge >= 0.3 is 0 Å². The maximum atomic E-state index is 5.50. The highest BCUT2D eigenvalue weighted by atomic mass is 15.2. The summed E-state index contributed by atoms with van der Waals surface area (Å²) in [4.78, 5) is 0. The lowest BCUT2D eigenvalue weighted by atomic mass is 9.76. The highest BCUT2D eigenvalue weighted by Gasteiger charge is 2.37. The molecule has 0 bridgehead atoms. The Morgan fingerprint density at radius 1 is 1.58 bits per heavy atom. The van der Waals surface area contributed by atoms with Crippen LogP contribution >= 0.6 is 0 Å². The van der Waals surface area contributed by atoms with Crippen molar-refractivity contribution in [1.82, 2.24) is 5.43 Å². The average molecular weight is 168 g/mol. The van der Waals surface area contributed by atoms with E-state index in [0.717, 1.165) is 0 Å². The molecular weight excluding hydrogens is 148 g/mol. The quantitative estimate of drug-likeness (QED) is 0.382. The highest BCUT2D eigenvalue weighted by Crippen LogP contribution is 2.43. The molecule has 0 aromatic rings. The van der Waals surface area contributed by atoms with E-state index < -0.39 is 0 Å². The molecule has 3 N–H and O–H groups in total. The van der Waals surface area contributed by atoms with Gasteiger partial charge in [0.2, 0.25) is 0 Å². The summed E-state index contributed by atoms with van der Waals surface area (Å²) in [7, 11) is 0. The van der Waals surface area contributed by atoms with Crippen LogP contribution in [0.5, 0.6) is 0 Å². The van der Waals surface area contributed by atoms with E-state index >= 15 is 0 Å². The van der Waals surface area contributed by atoms with Gasteiger partial charge < -0.3 is 0 Å². The maximum Gasteiger partial charge on any atom is 0.0444 e. The van der Waals surface area contributed by atoms with Gasteiger partial charge in [-0.15, -0.1) is 6.58 Å². The lowest BCUT2D eigenvalue weighted by molar-refractivity contribution is 0.220. The zero-order chi connectivity index (χ0) is 9.03. The van der Waals surface area contributed by atoms with E-state index in [4.69, 9.17) is 5.84 Å². The number of nitrogens with one attached hydrogen (secondary N) is 1. The molecule has 0 amide bonds. The zero-order valence-electron chi connectivity index (χ0n) is 7.97. The molecule has 1 saturated carbocycles. The molecule has 1 aliphatic carbocycles. The first-order chi connectivity index (χ1) is 5.79.